The van der Waals surface area contributed by atoms with Gasteiger partial charge in [-0.3, -0.25) is 0 Å². The number of nitrogens with one attached hydrogen (secondary N) is 1. The van der Waals surface area contributed by atoms with Crippen LogP contribution in [-0.4, -0.2) is 25.3 Å². The minimum absolute atomic E-state index is 0.581. The van der Waals surface area contributed by atoms with Crippen molar-refractivity contribution in [3.8, 4) is 0 Å². The summed E-state index contributed by atoms with van der Waals surface area (Å²) >= 11 is 0. The highest BCUT2D eigenvalue weighted by Crippen LogP contribution is 2.43. The SMILES string of the molecule is C1CCC(OCCCNC2CCCC(C3CC3)C2)CC1. The van der Waals surface area contributed by atoms with Gasteiger partial charge < -0.3 is 10.1 Å². The molecule has 2 heteroatoms. The maximum absolute atomic E-state index is 6.00. The molecule has 0 aliphatic heterocycles. The van der Waals surface area contributed by atoms with Crippen LogP contribution < -0.4 is 5.32 Å². The predicted octanol–water partition coefficient (Wildman–Crippen LogP) is 4.28. The third-order valence-corrected chi connectivity index (χ3v) is 5.66. The molecule has 0 radical (unpaired) electrons. The molecule has 3 aliphatic rings. The molecule has 0 bridgehead atoms. The van der Waals surface area contributed by atoms with E-state index < -0.39 is 0 Å². The van der Waals surface area contributed by atoms with Crippen molar-refractivity contribution in [3.05, 3.63) is 0 Å². The first kappa shape index (κ1) is 14.8. The summed E-state index contributed by atoms with van der Waals surface area (Å²) in [5.74, 6) is 2.16. The van der Waals surface area contributed by atoms with Gasteiger partial charge in [-0.1, -0.05) is 32.1 Å². The zero-order chi connectivity index (χ0) is 13.6. The molecule has 0 aromatic rings. The summed E-state index contributed by atoms with van der Waals surface area (Å²) in [6, 6.07) is 0.809. The first-order valence-electron chi connectivity index (χ1n) is 9.27. The maximum Gasteiger partial charge on any atom is 0.0575 e. The fraction of sp³-hybridized carbons (Fsp3) is 1.00. The van der Waals surface area contributed by atoms with Crippen LogP contribution in [-0.2, 0) is 4.74 Å². The van der Waals surface area contributed by atoms with Gasteiger partial charge in [-0.15, -0.1) is 0 Å². The van der Waals surface area contributed by atoms with E-state index in [9.17, 15) is 0 Å². The zero-order valence-corrected chi connectivity index (χ0v) is 13.1. The third-order valence-electron chi connectivity index (χ3n) is 5.66. The van der Waals surface area contributed by atoms with E-state index in [1.807, 2.05) is 0 Å². The molecule has 3 aliphatic carbocycles. The standard InChI is InChI=1S/C18H33NO/c1-2-8-18(9-3-1)20-13-5-12-19-17-7-4-6-16(14-17)15-10-11-15/h15-19H,1-14H2. The molecule has 3 saturated carbocycles. The highest BCUT2D eigenvalue weighted by molar-refractivity contribution is 4.87. The van der Waals surface area contributed by atoms with Gasteiger partial charge in [0.15, 0.2) is 0 Å². The van der Waals surface area contributed by atoms with Crippen LogP contribution in [0.4, 0.5) is 0 Å². The van der Waals surface area contributed by atoms with Gasteiger partial charge in [-0.2, -0.15) is 0 Å². The topological polar surface area (TPSA) is 21.3 Å². The number of hydrogen-bond acceptors (Lipinski definition) is 2. The van der Waals surface area contributed by atoms with Crippen molar-refractivity contribution in [2.24, 2.45) is 11.8 Å². The normalized spacial score (nSPS) is 32.4. The Morgan fingerprint density at radius 1 is 0.800 bits per heavy atom. The molecule has 20 heavy (non-hydrogen) atoms. The molecule has 0 aromatic heterocycles. The van der Waals surface area contributed by atoms with Crippen LogP contribution in [0.1, 0.15) is 77.0 Å². The fourth-order valence-electron chi connectivity index (χ4n) is 4.27. The second-order valence-corrected chi connectivity index (χ2v) is 7.40. The largest absolute Gasteiger partial charge is 0.378 e. The summed E-state index contributed by atoms with van der Waals surface area (Å²) in [5, 5.41) is 3.79. The monoisotopic (exact) mass is 279 g/mol. The van der Waals surface area contributed by atoms with E-state index in [1.165, 1.54) is 77.0 Å². The number of rotatable bonds is 7. The third kappa shape index (κ3) is 4.73. The molecule has 3 rings (SSSR count). The number of hydrogen-bond donors (Lipinski definition) is 1. The Morgan fingerprint density at radius 2 is 1.65 bits per heavy atom. The van der Waals surface area contributed by atoms with Gasteiger partial charge in [-0.05, 0) is 63.3 Å². The van der Waals surface area contributed by atoms with Gasteiger partial charge in [0.1, 0.15) is 0 Å². The first-order chi connectivity index (χ1) is 9.92. The molecular weight excluding hydrogens is 246 g/mol. The van der Waals surface area contributed by atoms with E-state index in [0.29, 0.717) is 6.10 Å². The summed E-state index contributed by atoms with van der Waals surface area (Å²) in [6.45, 7) is 2.13. The van der Waals surface area contributed by atoms with Crippen molar-refractivity contribution in [2.45, 2.75) is 89.2 Å². The second-order valence-electron chi connectivity index (χ2n) is 7.40. The van der Waals surface area contributed by atoms with Crippen LogP contribution in [0.5, 0.6) is 0 Å². The van der Waals surface area contributed by atoms with Crippen LogP contribution in [0.2, 0.25) is 0 Å². The van der Waals surface area contributed by atoms with Crippen LogP contribution in [0.15, 0.2) is 0 Å². The Kier molecular flexibility index (Phi) is 5.78. The lowest BCUT2D eigenvalue weighted by atomic mass is 9.83. The van der Waals surface area contributed by atoms with E-state index in [2.05, 4.69) is 5.32 Å². The van der Waals surface area contributed by atoms with Crippen molar-refractivity contribution < 1.29 is 4.74 Å². The highest BCUT2D eigenvalue weighted by Gasteiger charge is 2.34. The Labute approximate surface area is 125 Å². The molecular formula is C18H33NO. The highest BCUT2D eigenvalue weighted by atomic mass is 16.5. The van der Waals surface area contributed by atoms with Gasteiger partial charge in [-0.25, -0.2) is 0 Å². The quantitative estimate of drug-likeness (QED) is 0.702. The second kappa shape index (κ2) is 7.79. The minimum atomic E-state index is 0.581. The van der Waals surface area contributed by atoms with Crippen molar-refractivity contribution >= 4 is 0 Å². The van der Waals surface area contributed by atoms with Crippen molar-refractivity contribution in [1.29, 1.82) is 0 Å². The average molecular weight is 279 g/mol. The zero-order valence-electron chi connectivity index (χ0n) is 13.1. The Balaban J connectivity index is 1.22. The Bertz CT molecular complexity index is 271. The van der Waals surface area contributed by atoms with Gasteiger partial charge in [0.05, 0.1) is 6.10 Å². The minimum Gasteiger partial charge on any atom is -0.378 e. The predicted molar refractivity (Wildman–Crippen MR) is 83.9 cm³/mol. The molecule has 0 amide bonds. The molecule has 0 aromatic carbocycles. The van der Waals surface area contributed by atoms with E-state index in [0.717, 1.165) is 31.0 Å². The van der Waals surface area contributed by atoms with E-state index >= 15 is 0 Å². The molecule has 0 spiro atoms. The first-order valence-corrected chi connectivity index (χ1v) is 9.27. The Morgan fingerprint density at radius 3 is 2.45 bits per heavy atom. The molecule has 0 saturated heterocycles. The lowest BCUT2D eigenvalue weighted by molar-refractivity contribution is 0.0269. The van der Waals surface area contributed by atoms with Gasteiger partial charge in [0, 0.05) is 12.6 Å². The summed E-state index contributed by atoms with van der Waals surface area (Å²) in [4.78, 5) is 0. The van der Waals surface area contributed by atoms with E-state index in [1.54, 1.807) is 0 Å². The van der Waals surface area contributed by atoms with Crippen molar-refractivity contribution in [1.82, 2.24) is 5.32 Å². The molecule has 116 valence electrons. The average Bonchev–Trinajstić information content (AvgIpc) is 3.33. The molecule has 3 fully saturated rings. The van der Waals surface area contributed by atoms with Crippen molar-refractivity contribution in [3.63, 3.8) is 0 Å². The van der Waals surface area contributed by atoms with Gasteiger partial charge >= 0.3 is 0 Å². The van der Waals surface area contributed by atoms with E-state index in [4.69, 9.17) is 4.74 Å². The van der Waals surface area contributed by atoms with Crippen LogP contribution >= 0.6 is 0 Å². The van der Waals surface area contributed by atoms with Crippen LogP contribution in [0.25, 0.3) is 0 Å². The molecule has 2 nitrogen and oxygen atoms in total. The lowest BCUT2D eigenvalue weighted by Crippen LogP contribution is -2.35. The summed E-state index contributed by atoms with van der Waals surface area (Å²) in [7, 11) is 0. The van der Waals surface area contributed by atoms with Gasteiger partial charge in [0.2, 0.25) is 0 Å². The molecule has 2 unspecified atom stereocenters. The van der Waals surface area contributed by atoms with E-state index in [-0.39, 0.29) is 0 Å². The smallest absolute Gasteiger partial charge is 0.0575 e. The van der Waals surface area contributed by atoms with Crippen LogP contribution in [0.3, 0.4) is 0 Å². The summed E-state index contributed by atoms with van der Waals surface area (Å²) in [5.41, 5.74) is 0. The number of ether oxygens (including phenoxy) is 1. The van der Waals surface area contributed by atoms with Crippen LogP contribution in [0, 0.1) is 11.8 Å². The Hall–Kier alpha value is -0.0800. The molecule has 1 N–H and O–H groups in total. The summed E-state index contributed by atoms with van der Waals surface area (Å²) in [6.07, 6.45) is 17.4. The fourth-order valence-corrected chi connectivity index (χ4v) is 4.27. The molecule has 0 heterocycles. The molecule has 2 atom stereocenters. The maximum atomic E-state index is 6.00. The lowest BCUT2D eigenvalue weighted by Gasteiger charge is -2.30. The van der Waals surface area contributed by atoms with Crippen molar-refractivity contribution in [2.75, 3.05) is 13.2 Å². The summed E-state index contributed by atoms with van der Waals surface area (Å²) < 4.78 is 6.00. The van der Waals surface area contributed by atoms with Gasteiger partial charge in [0.25, 0.3) is 0 Å².